The largest absolute Gasteiger partial charge is 0.481 e. The molecule has 0 saturated carbocycles. The molecule has 43 heavy (non-hydrogen) atoms. The van der Waals surface area contributed by atoms with Gasteiger partial charge in [-0.15, -0.1) is 0 Å². The number of carboxylic acids is 1. The van der Waals surface area contributed by atoms with Crippen LogP contribution in [-0.2, 0) is 17.6 Å². The number of aryl methyl sites for hydroxylation is 2. The van der Waals surface area contributed by atoms with Gasteiger partial charge >= 0.3 is 5.97 Å². The first kappa shape index (κ1) is 31.9. The Bertz CT molecular complexity index is 1490. The molecule has 4 rings (SSSR count). The Hall–Kier alpha value is -3.99. The van der Waals surface area contributed by atoms with E-state index in [4.69, 9.17) is 15.1 Å². The van der Waals surface area contributed by atoms with Crippen LogP contribution in [0.5, 0.6) is 0 Å². The Balaban J connectivity index is 1.72. The molecule has 1 aliphatic rings. The Kier molecular flexibility index (Phi) is 10.7. The summed E-state index contributed by atoms with van der Waals surface area (Å²) in [5, 5.41) is 32.3. The number of aliphatic hydroxyl groups is 2. The molecule has 0 bridgehead atoms. The summed E-state index contributed by atoms with van der Waals surface area (Å²) in [5.74, 6) is -1.71. The van der Waals surface area contributed by atoms with E-state index in [0.29, 0.717) is 30.8 Å². The number of aliphatic carboxylic acids is 1. The third-order valence-corrected chi connectivity index (χ3v) is 7.44. The number of rotatable bonds is 12. The van der Waals surface area contributed by atoms with Crippen molar-refractivity contribution in [2.24, 2.45) is 0 Å². The summed E-state index contributed by atoms with van der Waals surface area (Å²) < 4.78 is 13.9. The Labute approximate surface area is 251 Å². The SMILES string of the molecule is Cc1nc2c(c(-c3ccc(F)cc3)c1/C=C/[C@@H](O)C[C@@H](O)CC(=O)O)CCCc1nc(C(=O)NCCCN(C)C)ccc1-2. The van der Waals surface area contributed by atoms with Crippen molar-refractivity contribution in [3.63, 3.8) is 0 Å². The van der Waals surface area contributed by atoms with Gasteiger partial charge in [-0.05, 0) is 94.2 Å². The number of pyridine rings is 2. The van der Waals surface area contributed by atoms with E-state index in [0.717, 1.165) is 58.6 Å². The van der Waals surface area contributed by atoms with Crippen LogP contribution in [0.1, 0.15) is 58.7 Å². The molecule has 2 aromatic heterocycles. The molecular formula is C33H39FN4O5. The van der Waals surface area contributed by atoms with Gasteiger partial charge in [0.2, 0.25) is 0 Å². The van der Waals surface area contributed by atoms with E-state index in [9.17, 15) is 24.2 Å². The lowest BCUT2D eigenvalue weighted by Gasteiger charge is -2.19. The third-order valence-electron chi connectivity index (χ3n) is 7.44. The van der Waals surface area contributed by atoms with Crippen LogP contribution in [0, 0.1) is 12.7 Å². The molecule has 2 atom stereocenters. The van der Waals surface area contributed by atoms with Crippen molar-refractivity contribution < 1.29 is 29.3 Å². The number of aliphatic hydroxyl groups excluding tert-OH is 2. The molecular weight excluding hydrogens is 551 g/mol. The lowest BCUT2D eigenvalue weighted by molar-refractivity contribution is -0.139. The number of benzene rings is 1. The van der Waals surface area contributed by atoms with E-state index < -0.39 is 24.6 Å². The third kappa shape index (κ3) is 8.31. The van der Waals surface area contributed by atoms with Crippen LogP contribution in [0.3, 0.4) is 0 Å². The number of nitrogens with one attached hydrogen (secondary N) is 1. The van der Waals surface area contributed by atoms with Crippen molar-refractivity contribution in [1.82, 2.24) is 20.2 Å². The first-order valence-corrected chi connectivity index (χ1v) is 14.5. The smallest absolute Gasteiger partial charge is 0.305 e. The second-order valence-corrected chi connectivity index (χ2v) is 11.2. The van der Waals surface area contributed by atoms with Gasteiger partial charge in [0.15, 0.2) is 0 Å². The van der Waals surface area contributed by atoms with Gasteiger partial charge < -0.3 is 25.5 Å². The molecule has 0 radical (unpaired) electrons. The van der Waals surface area contributed by atoms with Gasteiger partial charge in [0, 0.05) is 29.8 Å². The minimum absolute atomic E-state index is 0.128. The molecule has 1 amide bonds. The molecule has 0 fully saturated rings. The number of aromatic nitrogens is 2. The average molecular weight is 591 g/mol. The predicted octanol–water partition coefficient (Wildman–Crippen LogP) is 4.03. The van der Waals surface area contributed by atoms with Crippen molar-refractivity contribution in [1.29, 1.82) is 0 Å². The van der Waals surface area contributed by atoms with Crippen molar-refractivity contribution >= 4 is 18.0 Å². The van der Waals surface area contributed by atoms with Crippen molar-refractivity contribution in [3.05, 3.63) is 76.5 Å². The van der Waals surface area contributed by atoms with E-state index in [1.807, 2.05) is 27.1 Å². The number of carbonyl (C=O) groups is 2. The van der Waals surface area contributed by atoms with Gasteiger partial charge in [-0.2, -0.15) is 0 Å². The molecule has 9 nitrogen and oxygen atoms in total. The first-order chi connectivity index (χ1) is 20.5. The second kappa shape index (κ2) is 14.5. The zero-order chi connectivity index (χ0) is 31.1. The Morgan fingerprint density at radius 3 is 2.53 bits per heavy atom. The number of hydrogen-bond donors (Lipinski definition) is 4. The number of carboxylic acid groups (broad SMARTS) is 1. The molecule has 1 aliphatic carbocycles. The lowest BCUT2D eigenvalue weighted by atomic mass is 9.89. The highest BCUT2D eigenvalue weighted by Gasteiger charge is 2.25. The van der Waals surface area contributed by atoms with E-state index in [1.165, 1.54) is 18.2 Å². The minimum Gasteiger partial charge on any atom is -0.481 e. The van der Waals surface area contributed by atoms with Crippen LogP contribution in [0.4, 0.5) is 4.39 Å². The van der Waals surface area contributed by atoms with Gasteiger partial charge in [-0.1, -0.05) is 24.3 Å². The first-order valence-electron chi connectivity index (χ1n) is 14.5. The van der Waals surface area contributed by atoms with Crippen molar-refractivity contribution in [2.45, 2.75) is 57.7 Å². The molecule has 0 unspecified atom stereocenters. The summed E-state index contributed by atoms with van der Waals surface area (Å²) in [6, 6.07) is 9.84. The van der Waals surface area contributed by atoms with Crippen LogP contribution in [0.25, 0.3) is 28.5 Å². The number of halogens is 1. The van der Waals surface area contributed by atoms with Crippen LogP contribution in [-0.4, -0.2) is 81.5 Å². The summed E-state index contributed by atoms with van der Waals surface area (Å²) >= 11 is 0. The number of hydrogen-bond acceptors (Lipinski definition) is 7. The molecule has 4 N–H and O–H groups in total. The molecule has 0 spiro atoms. The fraction of sp³-hybridized carbons (Fsp3) is 0.394. The molecule has 228 valence electrons. The maximum absolute atomic E-state index is 13.9. The number of amides is 1. The average Bonchev–Trinajstić information content (AvgIpc) is 3.12. The quantitative estimate of drug-likeness (QED) is 0.232. The molecule has 0 saturated heterocycles. The van der Waals surface area contributed by atoms with E-state index >= 15 is 0 Å². The van der Waals surface area contributed by atoms with Gasteiger partial charge in [0.05, 0.1) is 30.0 Å². The van der Waals surface area contributed by atoms with Crippen LogP contribution >= 0.6 is 0 Å². The highest BCUT2D eigenvalue weighted by molar-refractivity contribution is 5.93. The number of nitrogens with zero attached hydrogens (tertiary/aromatic N) is 3. The van der Waals surface area contributed by atoms with Crippen molar-refractivity contribution in [3.8, 4) is 22.4 Å². The van der Waals surface area contributed by atoms with Gasteiger partial charge in [0.1, 0.15) is 11.5 Å². The normalized spacial score (nSPS) is 14.2. The number of carbonyl (C=O) groups excluding carboxylic acids is 1. The predicted molar refractivity (Wildman–Crippen MR) is 163 cm³/mol. The summed E-state index contributed by atoms with van der Waals surface area (Å²) in [4.78, 5) is 35.5. The molecule has 3 aromatic rings. The standard InChI is InChI=1S/C33H39FN4O5/c1-20-25(13-12-23(39)18-24(40)19-30(41)42)31(21-8-10-22(34)11-9-21)27-6-4-7-28-26(32(27)36-20)14-15-29(37-28)33(43)35-16-5-17-38(2)3/h8-15,23-24,39-40H,4-7,16-19H2,1-3H3,(H,35,43)(H,41,42)/b13-12+/t23-,24-/m1/s1. The van der Waals surface area contributed by atoms with Crippen LogP contribution in [0.15, 0.2) is 42.5 Å². The van der Waals surface area contributed by atoms with Gasteiger partial charge in [-0.25, -0.2) is 9.37 Å². The van der Waals surface area contributed by atoms with E-state index in [1.54, 1.807) is 24.3 Å². The zero-order valence-electron chi connectivity index (χ0n) is 24.8. The lowest BCUT2D eigenvalue weighted by Crippen LogP contribution is -2.28. The summed E-state index contributed by atoms with van der Waals surface area (Å²) in [7, 11) is 3.98. The van der Waals surface area contributed by atoms with Crippen molar-refractivity contribution in [2.75, 3.05) is 27.2 Å². The second-order valence-electron chi connectivity index (χ2n) is 11.2. The fourth-order valence-electron chi connectivity index (χ4n) is 5.38. The van der Waals surface area contributed by atoms with Crippen LogP contribution < -0.4 is 5.32 Å². The summed E-state index contributed by atoms with van der Waals surface area (Å²) in [5.41, 5.74) is 6.76. The monoisotopic (exact) mass is 590 g/mol. The maximum Gasteiger partial charge on any atom is 0.305 e. The molecule has 0 aliphatic heterocycles. The van der Waals surface area contributed by atoms with E-state index in [-0.39, 0.29) is 18.1 Å². The molecule has 2 heterocycles. The van der Waals surface area contributed by atoms with Crippen LogP contribution in [0.2, 0.25) is 0 Å². The number of fused-ring (bicyclic) bond motifs is 3. The topological polar surface area (TPSA) is 136 Å². The summed E-state index contributed by atoms with van der Waals surface area (Å²) in [6.45, 7) is 3.29. The van der Waals surface area contributed by atoms with Gasteiger partial charge in [-0.3, -0.25) is 14.6 Å². The Morgan fingerprint density at radius 1 is 1.09 bits per heavy atom. The summed E-state index contributed by atoms with van der Waals surface area (Å²) in [6.07, 6.45) is 3.31. The molecule has 10 heteroatoms. The maximum atomic E-state index is 13.9. The minimum atomic E-state index is -1.19. The Morgan fingerprint density at radius 2 is 1.84 bits per heavy atom. The van der Waals surface area contributed by atoms with Gasteiger partial charge in [0.25, 0.3) is 5.91 Å². The zero-order valence-corrected chi connectivity index (χ0v) is 24.8. The highest BCUT2D eigenvalue weighted by atomic mass is 19.1. The van der Waals surface area contributed by atoms with E-state index in [2.05, 4.69) is 10.2 Å². The molecule has 1 aromatic carbocycles. The highest BCUT2D eigenvalue weighted by Crippen LogP contribution is 2.40. The fourth-order valence-corrected chi connectivity index (χ4v) is 5.38.